The summed E-state index contributed by atoms with van der Waals surface area (Å²) in [5.74, 6) is 0.450. The molecule has 1 N–H and O–H groups in total. The standard InChI is InChI=1S/C19H28N4O2/c1-14(24)23-9-5-6-15(13-23)10-17-11-21-18(12-20-17)19(25)22-16-7-3-2-4-8-16/h11-12,15-16H,2-10,13H2,1H3,(H,22,25)/t15-/m0/s1. The molecule has 6 heteroatoms. The summed E-state index contributed by atoms with van der Waals surface area (Å²) in [6.07, 6.45) is 12.0. The molecule has 1 aliphatic carbocycles. The van der Waals surface area contributed by atoms with Gasteiger partial charge in [-0.1, -0.05) is 19.3 Å². The maximum Gasteiger partial charge on any atom is 0.271 e. The van der Waals surface area contributed by atoms with Crippen LogP contribution in [0.1, 0.15) is 68.1 Å². The highest BCUT2D eigenvalue weighted by atomic mass is 16.2. The minimum atomic E-state index is -0.119. The molecule has 1 atom stereocenters. The van der Waals surface area contributed by atoms with Gasteiger partial charge >= 0.3 is 0 Å². The predicted molar refractivity (Wildman–Crippen MR) is 95.1 cm³/mol. The lowest BCUT2D eigenvalue weighted by Crippen LogP contribution is -2.39. The van der Waals surface area contributed by atoms with Crippen molar-refractivity contribution >= 4 is 11.8 Å². The molecule has 3 rings (SSSR count). The topological polar surface area (TPSA) is 75.2 Å². The predicted octanol–water partition coefficient (Wildman–Crippen LogP) is 2.34. The van der Waals surface area contributed by atoms with Crippen LogP contribution in [0.4, 0.5) is 0 Å². The molecule has 2 heterocycles. The molecular formula is C19H28N4O2. The first-order valence-electron chi connectivity index (χ1n) is 9.49. The van der Waals surface area contributed by atoms with E-state index in [0.29, 0.717) is 11.6 Å². The molecule has 0 spiro atoms. The molecule has 0 aromatic carbocycles. The lowest BCUT2D eigenvalue weighted by molar-refractivity contribution is -0.130. The van der Waals surface area contributed by atoms with Gasteiger partial charge in [0.05, 0.1) is 11.9 Å². The average Bonchev–Trinajstić information content (AvgIpc) is 2.63. The molecule has 1 aromatic rings. The van der Waals surface area contributed by atoms with Crippen molar-refractivity contribution in [3.63, 3.8) is 0 Å². The van der Waals surface area contributed by atoms with Crippen molar-refractivity contribution in [2.75, 3.05) is 13.1 Å². The number of amides is 2. The van der Waals surface area contributed by atoms with Crippen LogP contribution < -0.4 is 5.32 Å². The Morgan fingerprint density at radius 2 is 1.92 bits per heavy atom. The van der Waals surface area contributed by atoms with Crippen molar-refractivity contribution < 1.29 is 9.59 Å². The van der Waals surface area contributed by atoms with Crippen molar-refractivity contribution in [1.82, 2.24) is 20.2 Å². The molecule has 2 amide bonds. The number of hydrogen-bond acceptors (Lipinski definition) is 4. The quantitative estimate of drug-likeness (QED) is 0.910. The number of hydrogen-bond donors (Lipinski definition) is 1. The highest BCUT2D eigenvalue weighted by Crippen LogP contribution is 2.20. The molecule has 0 radical (unpaired) electrons. The van der Waals surface area contributed by atoms with Crippen LogP contribution in [0, 0.1) is 5.92 Å². The number of likely N-dealkylation sites (tertiary alicyclic amines) is 1. The van der Waals surface area contributed by atoms with Crippen molar-refractivity contribution in [3.8, 4) is 0 Å². The fourth-order valence-electron chi connectivity index (χ4n) is 3.90. The molecule has 0 unspecified atom stereocenters. The van der Waals surface area contributed by atoms with Crippen LogP contribution in [-0.4, -0.2) is 45.8 Å². The molecular weight excluding hydrogens is 316 g/mol. The maximum absolute atomic E-state index is 12.3. The van der Waals surface area contributed by atoms with Crippen LogP contribution in [0.2, 0.25) is 0 Å². The fraction of sp³-hybridized carbons (Fsp3) is 0.684. The summed E-state index contributed by atoms with van der Waals surface area (Å²) in [6.45, 7) is 3.28. The van der Waals surface area contributed by atoms with Crippen molar-refractivity contribution in [1.29, 1.82) is 0 Å². The van der Waals surface area contributed by atoms with Crippen LogP contribution in [0.15, 0.2) is 12.4 Å². The van der Waals surface area contributed by atoms with E-state index in [1.54, 1.807) is 19.3 Å². The second-order valence-electron chi connectivity index (χ2n) is 7.38. The van der Waals surface area contributed by atoms with Crippen LogP contribution in [-0.2, 0) is 11.2 Å². The Hall–Kier alpha value is -1.98. The minimum absolute atomic E-state index is 0.119. The largest absolute Gasteiger partial charge is 0.348 e. The van der Waals surface area contributed by atoms with Gasteiger partial charge in [0.1, 0.15) is 5.69 Å². The number of rotatable bonds is 4. The van der Waals surface area contributed by atoms with Crippen molar-refractivity contribution in [2.45, 2.75) is 64.3 Å². The van der Waals surface area contributed by atoms with E-state index in [1.807, 2.05) is 4.90 Å². The monoisotopic (exact) mass is 344 g/mol. The van der Waals surface area contributed by atoms with E-state index >= 15 is 0 Å². The number of nitrogens with zero attached hydrogens (tertiary/aromatic N) is 3. The van der Waals surface area contributed by atoms with Crippen LogP contribution >= 0.6 is 0 Å². The maximum atomic E-state index is 12.3. The first kappa shape index (κ1) is 17.8. The Morgan fingerprint density at radius 1 is 1.12 bits per heavy atom. The van der Waals surface area contributed by atoms with E-state index in [9.17, 15) is 9.59 Å². The summed E-state index contributed by atoms with van der Waals surface area (Å²) in [5.41, 5.74) is 1.29. The molecule has 6 nitrogen and oxygen atoms in total. The first-order valence-corrected chi connectivity index (χ1v) is 9.49. The van der Waals surface area contributed by atoms with Crippen molar-refractivity contribution in [3.05, 3.63) is 23.8 Å². The van der Waals surface area contributed by atoms with E-state index in [1.165, 1.54) is 19.3 Å². The normalized spacial score (nSPS) is 21.8. The lowest BCUT2D eigenvalue weighted by atomic mass is 9.93. The molecule has 1 saturated carbocycles. The minimum Gasteiger partial charge on any atom is -0.348 e. The Balaban J connectivity index is 1.53. The summed E-state index contributed by atoms with van der Waals surface area (Å²) in [5, 5.41) is 3.07. The van der Waals surface area contributed by atoms with Crippen molar-refractivity contribution in [2.24, 2.45) is 5.92 Å². The third kappa shape index (κ3) is 5.00. The van der Waals surface area contributed by atoms with E-state index < -0.39 is 0 Å². The second kappa shape index (κ2) is 8.41. The van der Waals surface area contributed by atoms with Crippen LogP contribution in [0.3, 0.4) is 0 Å². The zero-order valence-corrected chi connectivity index (χ0v) is 15.0. The first-order chi connectivity index (χ1) is 12.1. The Morgan fingerprint density at radius 3 is 2.60 bits per heavy atom. The molecule has 136 valence electrons. The summed E-state index contributed by atoms with van der Waals surface area (Å²) >= 11 is 0. The number of aromatic nitrogens is 2. The fourth-order valence-corrected chi connectivity index (χ4v) is 3.90. The van der Waals surface area contributed by atoms with E-state index in [2.05, 4.69) is 15.3 Å². The van der Waals surface area contributed by atoms with Gasteiger partial charge in [-0.15, -0.1) is 0 Å². The summed E-state index contributed by atoms with van der Waals surface area (Å²) in [4.78, 5) is 34.5. The van der Waals surface area contributed by atoms with Gasteiger partial charge in [0.15, 0.2) is 0 Å². The van der Waals surface area contributed by atoms with E-state index in [-0.39, 0.29) is 17.9 Å². The number of piperidine rings is 1. The molecule has 25 heavy (non-hydrogen) atoms. The van der Waals surface area contributed by atoms with Gasteiger partial charge < -0.3 is 10.2 Å². The molecule has 0 bridgehead atoms. The zero-order valence-electron chi connectivity index (χ0n) is 15.0. The van der Waals surface area contributed by atoms with Gasteiger partial charge in [-0.2, -0.15) is 0 Å². The van der Waals surface area contributed by atoms with Gasteiger partial charge in [0, 0.05) is 32.3 Å². The molecule has 1 saturated heterocycles. The SMILES string of the molecule is CC(=O)N1CCC[C@@H](Cc2cnc(C(=O)NC3CCCCC3)cn2)C1. The summed E-state index contributed by atoms with van der Waals surface area (Å²) in [6, 6.07) is 0.280. The average molecular weight is 344 g/mol. The molecule has 1 aromatic heterocycles. The van der Waals surface area contributed by atoms with Gasteiger partial charge in [-0.25, -0.2) is 4.98 Å². The number of carbonyl (C=O) groups is 2. The Labute approximate surface area is 149 Å². The van der Waals surface area contributed by atoms with Crippen LogP contribution in [0.25, 0.3) is 0 Å². The Bertz CT molecular complexity index is 596. The van der Waals surface area contributed by atoms with Gasteiger partial charge in [-0.05, 0) is 38.0 Å². The third-order valence-electron chi connectivity index (χ3n) is 5.34. The molecule has 2 aliphatic rings. The molecule has 2 fully saturated rings. The smallest absolute Gasteiger partial charge is 0.271 e. The van der Waals surface area contributed by atoms with Gasteiger partial charge in [-0.3, -0.25) is 14.6 Å². The lowest BCUT2D eigenvalue weighted by Gasteiger charge is -2.31. The number of carbonyl (C=O) groups excluding carboxylic acids is 2. The Kier molecular flexibility index (Phi) is 6.00. The van der Waals surface area contributed by atoms with E-state index in [0.717, 1.165) is 50.9 Å². The highest BCUT2D eigenvalue weighted by molar-refractivity contribution is 5.92. The summed E-state index contributed by atoms with van der Waals surface area (Å²) in [7, 11) is 0. The van der Waals surface area contributed by atoms with Gasteiger partial charge in [0.2, 0.25) is 5.91 Å². The second-order valence-corrected chi connectivity index (χ2v) is 7.38. The summed E-state index contributed by atoms with van der Waals surface area (Å²) < 4.78 is 0. The zero-order chi connectivity index (χ0) is 17.6. The number of nitrogens with one attached hydrogen (secondary N) is 1. The third-order valence-corrected chi connectivity index (χ3v) is 5.34. The molecule has 1 aliphatic heterocycles. The highest BCUT2D eigenvalue weighted by Gasteiger charge is 2.22. The van der Waals surface area contributed by atoms with Crippen LogP contribution in [0.5, 0.6) is 0 Å². The van der Waals surface area contributed by atoms with Gasteiger partial charge in [0.25, 0.3) is 5.91 Å². The van der Waals surface area contributed by atoms with E-state index in [4.69, 9.17) is 0 Å².